The molecule has 0 unspecified atom stereocenters. The van der Waals surface area contributed by atoms with Crippen LogP contribution in [-0.4, -0.2) is 33.2 Å². The van der Waals surface area contributed by atoms with Crippen molar-refractivity contribution in [1.82, 2.24) is 20.0 Å². The first-order chi connectivity index (χ1) is 14.0. The van der Waals surface area contributed by atoms with Gasteiger partial charge < -0.3 is 9.26 Å². The van der Waals surface area contributed by atoms with Crippen LogP contribution in [0.25, 0.3) is 11.5 Å². The van der Waals surface area contributed by atoms with Gasteiger partial charge in [0.25, 0.3) is 0 Å². The molecule has 0 spiro atoms. The molecular formula is C22H23ClN4O2. The van der Waals surface area contributed by atoms with Gasteiger partial charge in [-0.1, -0.05) is 36.7 Å². The van der Waals surface area contributed by atoms with E-state index in [0.29, 0.717) is 18.3 Å². The van der Waals surface area contributed by atoms with Gasteiger partial charge in [-0.15, -0.1) is 0 Å². The van der Waals surface area contributed by atoms with Crippen LogP contribution in [0, 0.1) is 0 Å². The lowest BCUT2D eigenvalue weighted by atomic mass is 9.86. The normalized spacial score (nSPS) is 20.6. The molecule has 1 aromatic carbocycles. The highest BCUT2D eigenvalue weighted by molar-refractivity contribution is 6.30. The summed E-state index contributed by atoms with van der Waals surface area (Å²) in [7, 11) is 0. The van der Waals surface area contributed by atoms with Gasteiger partial charge in [0.2, 0.25) is 11.7 Å². The zero-order chi connectivity index (χ0) is 20.0. The molecule has 0 amide bonds. The average Bonchev–Trinajstić information content (AvgIpc) is 3.42. The second kappa shape index (κ2) is 7.11. The average molecular weight is 411 g/mol. The summed E-state index contributed by atoms with van der Waals surface area (Å²) in [5.41, 5.74) is 3.00. The zero-order valence-electron chi connectivity index (χ0n) is 16.6. The Kier molecular flexibility index (Phi) is 4.56. The minimum absolute atomic E-state index is 0.0243. The van der Waals surface area contributed by atoms with Crippen LogP contribution in [0.5, 0.6) is 5.75 Å². The van der Waals surface area contributed by atoms with Crippen LogP contribution in [-0.2, 0) is 12.0 Å². The van der Waals surface area contributed by atoms with E-state index in [2.05, 4.69) is 33.9 Å². The topological polar surface area (TPSA) is 64.3 Å². The fourth-order valence-electron chi connectivity index (χ4n) is 4.25. The highest BCUT2D eigenvalue weighted by atomic mass is 35.5. The summed E-state index contributed by atoms with van der Waals surface area (Å²) in [5.74, 6) is 2.15. The van der Waals surface area contributed by atoms with E-state index in [-0.39, 0.29) is 11.5 Å². The molecule has 1 fully saturated rings. The quantitative estimate of drug-likeness (QED) is 0.616. The molecule has 150 valence electrons. The summed E-state index contributed by atoms with van der Waals surface area (Å²) in [5, 5.41) is 4.90. The molecule has 6 nitrogen and oxygen atoms in total. The van der Waals surface area contributed by atoms with E-state index < -0.39 is 0 Å². The third-order valence-electron chi connectivity index (χ3n) is 5.79. The van der Waals surface area contributed by atoms with Gasteiger partial charge >= 0.3 is 0 Å². The Morgan fingerprint density at radius 3 is 3.00 bits per heavy atom. The molecule has 4 heterocycles. The van der Waals surface area contributed by atoms with Gasteiger partial charge in [-0.2, -0.15) is 4.98 Å². The van der Waals surface area contributed by atoms with Crippen molar-refractivity contribution in [2.24, 2.45) is 0 Å². The Balaban J connectivity index is 1.41. The van der Waals surface area contributed by atoms with Crippen molar-refractivity contribution >= 4 is 11.6 Å². The number of nitrogens with zero attached hydrogens (tertiary/aromatic N) is 4. The standard InChI is InChI=1S/C22H23ClN4O2/c1-22(2)13-28-19-14(10-15(23)11-16(19)22)12-27-9-5-7-18(27)21-25-20(26-29-21)17-6-3-4-8-24-17/h3-4,6,8,10-11,18H,5,7,9,12-13H2,1-2H3/t18-/m0/s1. The number of likely N-dealkylation sites (tertiary alicyclic amines) is 1. The van der Waals surface area contributed by atoms with Crippen molar-refractivity contribution in [2.75, 3.05) is 13.2 Å². The van der Waals surface area contributed by atoms with Crippen LogP contribution < -0.4 is 4.74 Å². The van der Waals surface area contributed by atoms with E-state index in [1.807, 2.05) is 30.3 Å². The highest BCUT2D eigenvalue weighted by Crippen LogP contribution is 2.44. The van der Waals surface area contributed by atoms with Gasteiger partial charge in [-0.05, 0) is 43.7 Å². The van der Waals surface area contributed by atoms with Crippen LogP contribution in [0.2, 0.25) is 5.02 Å². The lowest BCUT2D eigenvalue weighted by Crippen LogP contribution is -2.23. The Hall–Kier alpha value is -2.44. The Morgan fingerprint density at radius 1 is 1.28 bits per heavy atom. The molecule has 0 aliphatic carbocycles. The molecule has 29 heavy (non-hydrogen) atoms. The fourth-order valence-corrected chi connectivity index (χ4v) is 4.50. The fraction of sp³-hybridized carbons (Fsp3) is 0.409. The molecule has 2 aromatic heterocycles. The summed E-state index contributed by atoms with van der Waals surface area (Å²) < 4.78 is 11.7. The van der Waals surface area contributed by atoms with Crippen LogP contribution >= 0.6 is 11.6 Å². The van der Waals surface area contributed by atoms with Crippen molar-refractivity contribution in [1.29, 1.82) is 0 Å². The molecular weight excluding hydrogens is 388 g/mol. The van der Waals surface area contributed by atoms with E-state index in [4.69, 9.17) is 20.9 Å². The number of halogens is 1. The maximum Gasteiger partial charge on any atom is 0.244 e. The molecule has 0 N–H and O–H groups in total. The second-order valence-corrected chi connectivity index (χ2v) is 8.85. The van der Waals surface area contributed by atoms with Gasteiger partial charge in [-0.25, -0.2) is 0 Å². The molecule has 3 aromatic rings. The van der Waals surface area contributed by atoms with Gasteiger partial charge in [0.15, 0.2) is 0 Å². The summed E-state index contributed by atoms with van der Waals surface area (Å²) in [6.07, 6.45) is 3.80. The van der Waals surface area contributed by atoms with Gasteiger partial charge in [0.05, 0.1) is 12.6 Å². The first kappa shape index (κ1) is 18.6. The third-order valence-corrected chi connectivity index (χ3v) is 6.01. The minimum atomic E-state index is -0.0243. The predicted octanol–water partition coefficient (Wildman–Crippen LogP) is 4.79. The van der Waals surface area contributed by atoms with E-state index in [1.165, 1.54) is 5.56 Å². The molecule has 5 rings (SSSR count). The first-order valence-electron chi connectivity index (χ1n) is 9.96. The van der Waals surface area contributed by atoms with Crippen LogP contribution in [0.1, 0.15) is 49.7 Å². The maximum absolute atomic E-state index is 6.44. The molecule has 0 saturated carbocycles. The third kappa shape index (κ3) is 3.40. The number of pyridine rings is 1. The number of hydrogen-bond acceptors (Lipinski definition) is 6. The lowest BCUT2D eigenvalue weighted by Gasteiger charge is -2.23. The number of fused-ring (bicyclic) bond motifs is 1. The number of aromatic nitrogens is 3. The van der Waals surface area contributed by atoms with Crippen molar-refractivity contribution in [3.8, 4) is 17.3 Å². The van der Waals surface area contributed by atoms with Crippen molar-refractivity contribution in [3.63, 3.8) is 0 Å². The van der Waals surface area contributed by atoms with Gasteiger partial charge in [-0.3, -0.25) is 9.88 Å². The smallest absolute Gasteiger partial charge is 0.244 e. The lowest BCUT2D eigenvalue weighted by molar-refractivity contribution is 0.198. The summed E-state index contributed by atoms with van der Waals surface area (Å²) in [4.78, 5) is 11.3. The highest BCUT2D eigenvalue weighted by Gasteiger charge is 2.36. The number of rotatable bonds is 4. The zero-order valence-corrected chi connectivity index (χ0v) is 17.3. The largest absolute Gasteiger partial charge is 0.492 e. The van der Waals surface area contributed by atoms with Gasteiger partial charge in [0.1, 0.15) is 11.4 Å². The van der Waals surface area contributed by atoms with Crippen molar-refractivity contribution in [2.45, 2.75) is 44.7 Å². The van der Waals surface area contributed by atoms with Crippen molar-refractivity contribution < 1.29 is 9.26 Å². The van der Waals surface area contributed by atoms with E-state index >= 15 is 0 Å². The second-order valence-electron chi connectivity index (χ2n) is 8.41. The Bertz CT molecular complexity index is 1030. The Morgan fingerprint density at radius 2 is 2.17 bits per heavy atom. The predicted molar refractivity (Wildman–Crippen MR) is 110 cm³/mol. The van der Waals surface area contributed by atoms with E-state index in [9.17, 15) is 0 Å². The Labute approximate surface area is 174 Å². The molecule has 0 bridgehead atoms. The summed E-state index contributed by atoms with van der Waals surface area (Å²) in [6, 6.07) is 9.81. The molecule has 1 saturated heterocycles. The summed E-state index contributed by atoms with van der Waals surface area (Å²) in [6.45, 7) is 6.77. The SMILES string of the molecule is CC1(C)COc2c(CN3CCC[C@H]3c3nc(-c4ccccn4)no3)cc(Cl)cc21. The molecule has 0 radical (unpaired) electrons. The van der Waals surface area contributed by atoms with E-state index in [1.54, 1.807) is 6.20 Å². The first-order valence-corrected chi connectivity index (χ1v) is 10.3. The minimum Gasteiger partial charge on any atom is -0.492 e. The van der Waals surface area contributed by atoms with Gasteiger partial charge in [0, 0.05) is 34.3 Å². The van der Waals surface area contributed by atoms with Crippen LogP contribution in [0.4, 0.5) is 0 Å². The molecule has 7 heteroatoms. The number of hydrogen-bond donors (Lipinski definition) is 0. The summed E-state index contributed by atoms with van der Waals surface area (Å²) >= 11 is 6.44. The number of benzene rings is 1. The van der Waals surface area contributed by atoms with Crippen LogP contribution in [0.3, 0.4) is 0 Å². The van der Waals surface area contributed by atoms with Crippen molar-refractivity contribution in [3.05, 3.63) is 58.6 Å². The van der Waals surface area contributed by atoms with Crippen LogP contribution in [0.15, 0.2) is 41.1 Å². The van der Waals surface area contributed by atoms with E-state index in [0.717, 1.165) is 48.0 Å². The molecule has 2 aliphatic rings. The molecule has 1 atom stereocenters. The molecule has 2 aliphatic heterocycles. The number of ether oxygens (including phenoxy) is 1. The monoisotopic (exact) mass is 410 g/mol. The maximum atomic E-state index is 6.44.